The molecular weight excluding hydrogens is 258 g/mol. The molecule has 0 saturated heterocycles. The van der Waals surface area contributed by atoms with Crippen molar-refractivity contribution in [3.8, 4) is 0 Å². The summed E-state index contributed by atoms with van der Waals surface area (Å²) < 4.78 is 13.7. The molecule has 0 bridgehead atoms. The van der Waals surface area contributed by atoms with E-state index < -0.39 is 0 Å². The molecule has 0 aromatic heterocycles. The van der Waals surface area contributed by atoms with Gasteiger partial charge in [0.1, 0.15) is 5.82 Å². The van der Waals surface area contributed by atoms with Gasteiger partial charge in [-0.2, -0.15) is 0 Å². The Kier molecular flexibility index (Phi) is 2.85. The minimum atomic E-state index is -0.137. The first-order valence-corrected chi connectivity index (χ1v) is 4.61. The van der Waals surface area contributed by atoms with Crippen LogP contribution in [0.3, 0.4) is 0 Å². The molecule has 0 spiro atoms. The van der Waals surface area contributed by atoms with Gasteiger partial charge in [-0.05, 0) is 46.3 Å². The first kappa shape index (κ1) is 8.20. The highest BCUT2D eigenvalue weighted by molar-refractivity contribution is 14.1. The third-order valence-electron chi connectivity index (χ3n) is 1.21. The van der Waals surface area contributed by atoms with Gasteiger partial charge in [-0.3, -0.25) is 0 Å². The molecule has 0 fully saturated rings. The van der Waals surface area contributed by atoms with Crippen molar-refractivity contribution in [3.63, 3.8) is 0 Å². The Morgan fingerprint density at radius 3 is 2.70 bits per heavy atom. The molecule has 51 valence electrons. The normalized spacial score (nSPS) is 9.90. The SMILES string of the molecule is Fc1cc(I)ccc1C[Si]. The summed E-state index contributed by atoms with van der Waals surface area (Å²) >= 11 is 2.08. The lowest BCUT2D eigenvalue weighted by Crippen LogP contribution is -1.89. The topological polar surface area (TPSA) is 0 Å². The summed E-state index contributed by atoms with van der Waals surface area (Å²) in [5.74, 6) is -0.137. The van der Waals surface area contributed by atoms with E-state index in [1.165, 1.54) is 6.07 Å². The molecule has 10 heavy (non-hydrogen) atoms. The maximum Gasteiger partial charge on any atom is 0.127 e. The van der Waals surface area contributed by atoms with Gasteiger partial charge in [0.15, 0.2) is 0 Å². The molecule has 0 aliphatic rings. The van der Waals surface area contributed by atoms with E-state index in [9.17, 15) is 4.39 Å². The van der Waals surface area contributed by atoms with E-state index in [-0.39, 0.29) is 5.82 Å². The second kappa shape index (κ2) is 3.48. The molecule has 1 aromatic rings. The van der Waals surface area contributed by atoms with Gasteiger partial charge in [0.2, 0.25) is 0 Å². The van der Waals surface area contributed by atoms with Crippen LogP contribution in [-0.2, 0) is 6.04 Å². The Morgan fingerprint density at radius 2 is 2.20 bits per heavy atom. The maximum absolute atomic E-state index is 12.8. The molecule has 0 heterocycles. The molecule has 0 N–H and O–H groups in total. The summed E-state index contributed by atoms with van der Waals surface area (Å²) in [7, 11) is 3.24. The fourth-order valence-electron chi connectivity index (χ4n) is 0.665. The first-order valence-electron chi connectivity index (χ1n) is 2.82. The molecule has 1 rings (SSSR count). The van der Waals surface area contributed by atoms with E-state index >= 15 is 0 Å². The van der Waals surface area contributed by atoms with E-state index in [1.807, 2.05) is 6.07 Å². The maximum atomic E-state index is 12.8. The Morgan fingerprint density at radius 1 is 1.50 bits per heavy atom. The smallest absolute Gasteiger partial charge is 0.127 e. The number of hydrogen-bond acceptors (Lipinski definition) is 0. The molecule has 0 nitrogen and oxygen atoms in total. The van der Waals surface area contributed by atoms with Crippen molar-refractivity contribution < 1.29 is 4.39 Å². The fourth-order valence-corrected chi connectivity index (χ4v) is 1.40. The molecule has 1 aromatic carbocycles. The predicted molar refractivity (Wildman–Crippen MR) is 48.6 cm³/mol. The molecule has 0 saturated carbocycles. The third kappa shape index (κ3) is 1.79. The summed E-state index contributed by atoms with van der Waals surface area (Å²) in [6.45, 7) is 0. The van der Waals surface area contributed by atoms with Gasteiger partial charge in [-0.1, -0.05) is 6.07 Å². The number of benzene rings is 1. The van der Waals surface area contributed by atoms with E-state index in [0.29, 0.717) is 11.6 Å². The molecule has 0 amide bonds. The van der Waals surface area contributed by atoms with Crippen LogP contribution in [0.1, 0.15) is 5.56 Å². The molecule has 0 aliphatic heterocycles. The first-order chi connectivity index (χ1) is 4.74. The van der Waals surface area contributed by atoms with Crippen LogP contribution in [0.2, 0.25) is 0 Å². The Labute approximate surface area is 76.4 Å². The van der Waals surface area contributed by atoms with Crippen LogP contribution in [-0.4, -0.2) is 10.2 Å². The van der Waals surface area contributed by atoms with Crippen molar-refractivity contribution >= 4 is 32.8 Å². The quantitative estimate of drug-likeness (QED) is 0.537. The fraction of sp³-hybridized carbons (Fsp3) is 0.143. The van der Waals surface area contributed by atoms with Crippen molar-refractivity contribution in [1.82, 2.24) is 0 Å². The van der Waals surface area contributed by atoms with Crippen LogP contribution in [0.25, 0.3) is 0 Å². The Hall–Kier alpha value is 0.0969. The molecule has 0 atom stereocenters. The second-order valence-corrected chi connectivity index (χ2v) is 3.51. The van der Waals surface area contributed by atoms with Gasteiger partial charge < -0.3 is 0 Å². The zero-order valence-corrected chi connectivity index (χ0v) is 8.35. The van der Waals surface area contributed by atoms with Crippen LogP contribution in [0.15, 0.2) is 18.2 Å². The highest BCUT2D eigenvalue weighted by Crippen LogP contribution is 2.11. The van der Waals surface area contributed by atoms with Crippen molar-refractivity contribution in [2.75, 3.05) is 0 Å². The zero-order chi connectivity index (χ0) is 7.56. The van der Waals surface area contributed by atoms with Crippen LogP contribution < -0.4 is 0 Å². The van der Waals surface area contributed by atoms with E-state index in [4.69, 9.17) is 0 Å². The van der Waals surface area contributed by atoms with Crippen LogP contribution in [0, 0.1) is 9.39 Å². The summed E-state index contributed by atoms with van der Waals surface area (Å²) in [6.07, 6.45) is 0. The predicted octanol–water partition coefficient (Wildman–Crippen LogP) is 2.10. The number of halogens is 2. The minimum Gasteiger partial charge on any atom is -0.207 e. The lowest BCUT2D eigenvalue weighted by Gasteiger charge is -1.97. The zero-order valence-electron chi connectivity index (χ0n) is 5.20. The largest absolute Gasteiger partial charge is 0.207 e. The van der Waals surface area contributed by atoms with E-state index in [0.717, 1.165) is 3.57 Å². The summed E-state index contributed by atoms with van der Waals surface area (Å²) in [5, 5.41) is 0. The van der Waals surface area contributed by atoms with Crippen molar-refractivity contribution in [1.29, 1.82) is 0 Å². The van der Waals surface area contributed by atoms with Gasteiger partial charge >= 0.3 is 0 Å². The average Bonchev–Trinajstić information content (AvgIpc) is 1.88. The van der Waals surface area contributed by atoms with Crippen molar-refractivity contribution in [2.24, 2.45) is 0 Å². The number of hydrogen-bond donors (Lipinski definition) is 0. The van der Waals surface area contributed by atoms with Crippen LogP contribution >= 0.6 is 22.6 Å². The monoisotopic (exact) mass is 263 g/mol. The highest BCUT2D eigenvalue weighted by atomic mass is 127. The minimum absolute atomic E-state index is 0.137. The molecule has 3 heteroatoms. The molecule has 0 unspecified atom stereocenters. The molecule has 3 radical (unpaired) electrons. The lowest BCUT2D eigenvalue weighted by molar-refractivity contribution is 0.616. The van der Waals surface area contributed by atoms with E-state index in [1.54, 1.807) is 6.07 Å². The highest BCUT2D eigenvalue weighted by Gasteiger charge is 1.98. The summed E-state index contributed by atoms with van der Waals surface area (Å²) in [6, 6.07) is 5.77. The van der Waals surface area contributed by atoms with Crippen LogP contribution in [0.5, 0.6) is 0 Å². The molecule has 0 aliphatic carbocycles. The lowest BCUT2D eigenvalue weighted by atomic mass is 10.2. The van der Waals surface area contributed by atoms with Crippen molar-refractivity contribution in [3.05, 3.63) is 33.1 Å². The van der Waals surface area contributed by atoms with Crippen molar-refractivity contribution in [2.45, 2.75) is 6.04 Å². The van der Waals surface area contributed by atoms with Gasteiger partial charge in [-0.25, -0.2) is 4.39 Å². The van der Waals surface area contributed by atoms with Crippen LogP contribution in [0.4, 0.5) is 4.39 Å². The Balaban J connectivity index is 3.07. The third-order valence-corrected chi connectivity index (χ3v) is 2.26. The van der Waals surface area contributed by atoms with Gasteiger partial charge in [0.25, 0.3) is 0 Å². The van der Waals surface area contributed by atoms with E-state index in [2.05, 4.69) is 32.8 Å². The van der Waals surface area contributed by atoms with Gasteiger partial charge in [0, 0.05) is 13.8 Å². The second-order valence-electron chi connectivity index (χ2n) is 1.91. The number of rotatable bonds is 1. The standard InChI is InChI=1S/C7H5FISi/c8-7-3-6(9)2-1-5(7)4-10/h1-3H,4H2. The van der Waals surface area contributed by atoms with Gasteiger partial charge in [0.05, 0.1) is 0 Å². The molecular formula is C7H5FISi. The van der Waals surface area contributed by atoms with Gasteiger partial charge in [-0.15, -0.1) is 0 Å². The summed E-state index contributed by atoms with van der Waals surface area (Å²) in [4.78, 5) is 0. The summed E-state index contributed by atoms with van der Waals surface area (Å²) in [5.41, 5.74) is 0.706. The Bertz CT molecular complexity index is 237. The average molecular weight is 263 g/mol.